The average molecular weight is 199 g/mol. The van der Waals surface area contributed by atoms with Crippen molar-refractivity contribution in [2.24, 2.45) is 0 Å². The third-order valence-electron chi connectivity index (χ3n) is 2.54. The van der Waals surface area contributed by atoms with Crippen LogP contribution in [-0.4, -0.2) is 9.67 Å². The topological polar surface area (TPSA) is 25.2 Å². The van der Waals surface area contributed by atoms with Crippen molar-refractivity contribution in [2.45, 2.75) is 19.6 Å². The summed E-state index contributed by atoms with van der Waals surface area (Å²) in [6, 6.07) is 8.04. The summed E-state index contributed by atoms with van der Waals surface area (Å²) in [4.78, 5) is 0. The van der Waals surface area contributed by atoms with E-state index in [1.807, 2.05) is 30.5 Å². The van der Waals surface area contributed by atoms with Gasteiger partial charge in [0.25, 0.3) is 0 Å². The summed E-state index contributed by atoms with van der Waals surface area (Å²) in [5, 5.41) is 10.3. The summed E-state index contributed by atoms with van der Waals surface area (Å²) >= 11 is 0. The van der Waals surface area contributed by atoms with E-state index < -0.39 is 0 Å². The van der Waals surface area contributed by atoms with Gasteiger partial charge in [0.2, 0.25) is 0 Å². The van der Waals surface area contributed by atoms with E-state index in [0.717, 1.165) is 23.0 Å². The molecule has 1 aromatic heterocycles. The molecule has 1 N–H and O–H groups in total. The van der Waals surface area contributed by atoms with Crippen LogP contribution in [-0.2, 0) is 13.2 Å². The number of para-hydroxylation sites is 1. The van der Waals surface area contributed by atoms with E-state index in [-0.39, 0.29) is 6.61 Å². The summed E-state index contributed by atoms with van der Waals surface area (Å²) in [7, 11) is 0. The molecule has 0 saturated carbocycles. The number of aliphatic hydroxyl groups excluding tert-OH is 1. The summed E-state index contributed by atoms with van der Waals surface area (Å²) in [6.07, 6.45) is 7.93. The molecular formula is C13H13NO. The predicted octanol–water partition coefficient (Wildman–Crippen LogP) is 2.16. The number of aromatic nitrogens is 1. The van der Waals surface area contributed by atoms with Gasteiger partial charge in [-0.3, -0.25) is 0 Å². The minimum Gasteiger partial charge on any atom is -0.392 e. The maximum atomic E-state index is 9.22. The fraction of sp³-hybridized carbons (Fsp3) is 0.231. The van der Waals surface area contributed by atoms with Crippen LogP contribution in [0.25, 0.3) is 10.9 Å². The van der Waals surface area contributed by atoms with Crippen molar-refractivity contribution in [3.05, 3.63) is 36.0 Å². The molecule has 0 radical (unpaired) electrons. The number of nitrogens with zero attached hydrogens (tertiary/aromatic N) is 1. The standard InChI is InChI=1S/C13H13NO/c1-2-3-8-14-9-11(10-15)12-6-4-5-7-13(12)14/h1,4-7,9,15H,3,8,10H2. The molecule has 0 fully saturated rings. The van der Waals surface area contributed by atoms with Crippen LogP contribution in [0.1, 0.15) is 12.0 Å². The van der Waals surface area contributed by atoms with Crippen LogP contribution in [0.3, 0.4) is 0 Å². The molecule has 1 aromatic carbocycles. The monoisotopic (exact) mass is 199 g/mol. The van der Waals surface area contributed by atoms with E-state index in [0.29, 0.717) is 6.42 Å². The van der Waals surface area contributed by atoms with Gasteiger partial charge in [0.15, 0.2) is 0 Å². The van der Waals surface area contributed by atoms with Crippen LogP contribution < -0.4 is 0 Å². The third-order valence-corrected chi connectivity index (χ3v) is 2.54. The van der Waals surface area contributed by atoms with E-state index in [2.05, 4.69) is 10.5 Å². The molecular weight excluding hydrogens is 186 g/mol. The van der Waals surface area contributed by atoms with Crippen molar-refractivity contribution in [2.75, 3.05) is 0 Å². The van der Waals surface area contributed by atoms with Gasteiger partial charge >= 0.3 is 0 Å². The summed E-state index contributed by atoms with van der Waals surface area (Å²) in [5.74, 6) is 2.62. The maximum absolute atomic E-state index is 9.22. The molecule has 2 rings (SSSR count). The van der Waals surface area contributed by atoms with Crippen molar-refractivity contribution >= 4 is 10.9 Å². The number of benzene rings is 1. The van der Waals surface area contributed by atoms with Gasteiger partial charge in [-0.1, -0.05) is 18.2 Å². The Balaban J connectivity index is 2.51. The van der Waals surface area contributed by atoms with Crippen LogP contribution in [0, 0.1) is 12.3 Å². The Morgan fingerprint density at radius 3 is 2.87 bits per heavy atom. The summed E-state index contributed by atoms with van der Waals surface area (Å²) < 4.78 is 2.10. The Kier molecular flexibility index (Phi) is 2.75. The molecule has 0 atom stereocenters. The Morgan fingerprint density at radius 1 is 1.33 bits per heavy atom. The molecule has 1 heterocycles. The van der Waals surface area contributed by atoms with Crippen molar-refractivity contribution in [3.8, 4) is 12.3 Å². The number of aliphatic hydroxyl groups is 1. The van der Waals surface area contributed by atoms with Gasteiger partial charge in [0.1, 0.15) is 0 Å². The van der Waals surface area contributed by atoms with Gasteiger partial charge in [-0.05, 0) is 6.07 Å². The SMILES string of the molecule is C#CCCn1cc(CO)c2ccccc21. The fourth-order valence-corrected chi connectivity index (χ4v) is 1.82. The molecule has 76 valence electrons. The zero-order chi connectivity index (χ0) is 10.7. The molecule has 0 aliphatic rings. The first kappa shape index (κ1) is 9.82. The fourth-order valence-electron chi connectivity index (χ4n) is 1.82. The molecule has 2 heteroatoms. The van der Waals surface area contributed by atoms with Gasteiger partial charge in [-0.2, -0.15) is 0 Å². The van der Waals surface area contributed by atoms with Crippen molar-refractivity contribution in [1.29, 1.82) is 0 Å². The maximum Gasteiger partial charge on any atom is 0.0702 e. The molecule has 0 unspecified atom stereocenters. The highest BCUT2D eigenvalue weighted by Crippen LogP contribution is 2.21. The smallest absolute Gasteiger partial charge is 0.0702 e. The van der Waals surface area contributed by atoms with Crippen LogP contribution >= 0.6 is 0 Å². The van der Waals surface area contributed by atoms with Crippen LogP contribution in [0.15, 0.2) is 30.5 Å². The second kappa shape index (κ2) is 4.20. The van der Waals surface area contributed by atoms with Gasteiger partial charge in [-0.25, -0.2) is 0 Å². The first-order valence-corrected chi connectivity index (χ1v) is 4.98. The van der Waals surface area contributed by atoms with Crippen LogP contribution in [0.2, 0.25) is 0 Å². The second-order valence-electron chi connectivity index (χ2n) is 3.48. The van der Waals surface area contributed by atoms with E-state index in [1.165, 1.54) is 0 Å². The largest absolute Gasteiger partial charge is 0.392 e. The zero-order valence-corrected chi connectivity index (χ0v) is 8.48. The van der Waals surface area contributed by atoms with Crippen molar-refractivity contribution < 1.29 is 5.11 Å². The molecule has 0 saturated heterocycles. The van der Waals surface area contributed by atoms with E-state index >= 15 is 0 Å². The Hall–Kier alpha value is -1.72. The number of hydrogen-bond donors (Lipinski definition) is 1. The summed E-state index contributed by atoms with van der Waals surface area (Å²) in [5.41, 5.74) is 2.10. The van der Waals surface area contributed by atoms with Gasteiger partial charge in [0, 0.05) is 35.6 Å². The third kappa shape index (κ3) is 1.74. The molecule has 0 amide bonds. The van der Waals surface area contributed by atoms with Crippen LogP contribution in [0.5, 0.6) is 0 Å². The lowest BCUT2D eigenvalue weighted by molar-refractivity contribution is 0.283. The van der Waals surface area contributed by atoms with Crippen LogP contribution in [0.4, 0.5) is 0 Å². The van der Waals surface area contributed by atoms with E-state index in [1.54, 1.807) is 0 Å². The number of aryl methyl sites for hydroxylation is 1. The Morgan fingerprint density at radius 2 is 2.13 bits per heavy atom. The number of hydrogen-bond acceptors (Lipinski definition) is 1. The average Bonchev–Trinajstić information content (AvgIpc) is 2.65. The second-order valence-corrected chi connectivity index (χ2v) is 3.48. The van der Waals surface area contributed by atoms with E-state index in [4.69, 9.17) is 6.42 Å². The highest BCUT2D eigenvalue weighted by atomic mass is 16.3. The quantitative estimate of drug-likeness (QED) is 0.753. The predicted molar refractivity (Wildman–Crippen MR) is 61.3 cm³/mol. The van der Waals surface area contributed by atoms with Gasteiger partial charge in [0.05, 0.1) is 6.61 Å². The molecule has 2 aromatic rings. The molecule has 0 spiro atoms. The highest BCUT2D eigenvalue weighted by Gasteiger charge is 2.05. The van der Waals surface area contributed by atoms with Crippen molar-refractivity contribution in [3.63, 3.8) is 0 Å². The highest BCUT2D eigenvalue weighted by molar-refractivity contribution is 5.83. The first-order chi connectivity index (χ1) is 7.36. The molecule has 0 bridgehead atoms. The van der Waals surface area contributed by atoms with E-state index in [9.17, 15) is 5.11 Å². The number of rotatable bonds is 3. The molecule has 2 nitrogen and oxygen atoms in total. The lowest BCUT2D eigenvalue weighted by atomic mass is 10.2. The van der Waals surface area contributed by atoms with Crippen molar-refractivity contribution in [1.82, 2.24) is 4.57 Å². The lowest BCUT2D eigenvalue weighted by Crippen LogP contribution is -1.94. The lowest BCUT2D eigenvalue weighted by Gasteiger charge is -2.00. The molecule has 15 heavy (non-hydrogen) atoms. The normalized spacial score (nSPS) is 10.4. The zero-order valence-electron chi connectivity index (χ0n) is 8.48. The number of terminal acetylenes is 1. The minimum atomic E-state index is 0.0730. The summed E-state index contributed by atoms with van der Waals surface area (Å²) in [6.45, 7) is 0.876. The molecule has 0 aliphatic carbocycles. The first-order valence-electron chi connectivity index (χ1n) is 4.98. The van der Waals surface area contributed by atoms with Gasteiger partial charge in [-0.15, -0.1) is 12.3 Å². The van der Waals surface area contributed by atoms with Gasteiger partial charge < -0.3 is 9.67 Å². The molecule has 0 aliphatic heterocycles. The Bertz CT molecular complexity index is 505. The number of fused-ring (bicyclic) bond motifs is 1. The Labute approximate surface area is 89.2 Å². The minimum absolute atomic E-state index is 0.0730.